The highest BCUT2D eigenvalue weighted by Gasteiger charge is 2.10. The summed E-state index contributed by atoms with van der Waals surface area (Å²) in [6.45, 7) is 1.71. The molecule has 19 heavy (non-hydrogen) atoms. The van der Waals surface area contributed by atoms with E-state index < -0.39 is 16.6 Å². The third-order valence-corrected chi connectivity index (χ3v) is 2.42. The number of nitro groups is 1. The maximum absolute atomic E-state index is 13.2. The minimum atomic E-state index is -0.732. The number of aryl methyl sites for hydroxylation is 1. The van der Waals surface area contributed by atoms with E-state index in [0.717, 1.165) is 12.1 Å². The molecule has 2 aromatic carbocycles. The van der Waals surface area contributed by atoms with Crippen molar-refractivity contribution in [2.75, 3.05) is 5.32 Å². The van der Waals surface area contributed by atoms with Crippen LogP contribution >= 0.6 is 0 Å². The molecule has 2 aromatic rings. The van der Waals surface area contributed by atoms with Gasteiger partial charge in [-0.05, 0) is 36.8 Å². The Kier molecular flexibility index (Phi) is 3.41. The second-order valence-corrected chi connectivity index (χ2v) is 4.10. The Morgan fingerprint density at radius 1 is 1.00 bits per heavy atom. The summed E-state index contributed by atoms with van der Waals surface area (Å²) < 4.78 is 26.4. The lowest BCUT2D eigenvalue weighted by Crippen LogP contribution is -1.95. The fraction of sp³-hybridized carbons (Fsp3) is 0.0769. The summed E-state index contributed by atoms with van der Waals surface area (Å²) in [4.78, 5) is 9.93. The van der Waals surface area contributed by atoms with Gasteiger partial charge in [-0.25, -0.2) is 8.78 Å². The first-order chi connectivity index (χ1) is 8.94. The Balaban J connectivity index is 2.35. The molecule has 0 unspecified atom stereocenters. The molecule has 0 aromatic heterocycles. The van der Waals surface area contributed by atoms with Gasteiger partial charge in [-0.1, -0.05) is 0 Å². The van der Waals surface area contributed by atoms with E-state index >= 15 is 0 Å². The fourth-order valence-electron chi connectivity index (χ4n) is 1.73. The van der Waals surface area contributed by atoms with E-state index in [9.17, 15) is 18.9 Å². The molecule has 0 bridgehead atoms. The third kappa shape index (κ3) is 3.25. The smallest absolute Gasteiger partial charge is 0.274 e. The zero-order chi connectivity index (χ0) is 14.0. The summed E-state index contributed by atoms with van der Waals surface area (Å²) >= 11 is 0. The van der Waals surface area contributed by atoms with Gasteiger partial charge in [0.1, 0.15) is 11.6 Å². The Morgan fingerprint density at radius 2 is 1.58 bits per heavy atom. The normalized spacial score (nSPS) is 10.3. The van der Waals surface area contributed by atoms with Gasteiger partial charge in [-0.15, -0.1) is 0 Å². The van der Waals surface area contributed by atoms with Crippen molar-refractivity contribution in [2.45, 2.75) is 6.92 Å². The maximum atomic E-state index is 13.2. The number of nitro benzene ring substituents is 1. The molecule has 0 aliphatic carbocycles. The predicted octanol–water partition coefficient (Wildman–Crippen LogP) is 3.93. The number of benzene rings is 2. The van der Waals surface area contributed by atoms with E-state index in [4.69, 9.17) is 0 Å². The summed E-state index contributed by atoms with van der Waals surface area (Å²) in [5.41, 5.74) is 0.915. The standard InChI is InChI=1S/C13H10F2N2O2/c1-8-2-9(14)4-11(3-8)16-12-5-10(15)6-13(7-12)17(18)19/h2-7,16H,1H3. The summed E-state index contributed by atoms with van der Waals surface area (Å²) in [6.07, 6.45) is 0. The molecule has 6 heteroatoms. The summed E-state index contributed by atoms with van der Waals surface area (Å²) in [5.74, 6) is -1.17. The molecule has 1 N–H and O–H groups in total. The summed E-state index contributed by atoms with van der Waals surface area (Å²) in [7, 11) is 0. The molecule has 0 aliphatic rings. The number of nitrogens with one attached hydrogen (secondary N) is 1. The van der Waals surface area contributed by atoms with Crippen molar-refractivity contribution in [3.05, 3.63) is 63.7 Å². The van der Waals surface area contributed by atoms with Crippen molar-refractivity contribution in [3.8, 4) is 0 Å². The van der Waals surface area contributed by atoms with Crippen LogP contribution in [0.3, 0.4) is 0 Å². The molecule has 0 fully saturated rings. The van der Waals surface area contributed by atoms with Gasteiger partial charge in [0.15, 0.2) is 0 Å². The van der Waals surface area contributed by atoms with Crippen LogP contribution in [0.4, 0.5) is 25.8 Å². The minimum Gasteiger partial charge on any atom is -0.355 e. The average molecular weight is 264 g/mol. The molecule has 4 nitrogen and oxygen atoms in total. The zero-order valence-corrected chi connectivity index (χ0v) is 9.98. The van der Waals surface area contributed by atoms with Gasteiger partial charge >= 0.3 is 0 Å². The molecular formula is C13H10F2N2O2. The van der Waals surface area contributed by atoms with E-state index in [0.29, 0.717) is 11.3 Å². The van der Waals surface area contributed by atoms with Crippen molar-refractivity contribution in [2.24, 2.45) is 0 Å². The van der Waals surface area contributed by atoms with Crippen LogP contribution in [0, 0.1) is 28.7 Å². The zero-order valence-electron chi connectivity index (χ0n) is 9.98. The van der Waals surface area contributed by atoms with Gasteiger partial charge in [0.05, 0.1) is 11.0 Å². The third-order valence-electron chi connectivity index (χ3n) is 2.42. The maximum Gasteiger partial charge on any atom is 0.274 e. The molecule has 0 saturated heterocycles. The number of hydrogen-bond donors (Lipinski definition) is 1. The number of halogens is 2. The number of non-ortho nitro benzene ring substituents is 1. The second-order valence-electron chi connectivity index (χ2n) is 4.10. The first-order valence-electron chi connectivity index (χ1n) is 5.43. The average Bonchev–Trinajstić information content (AvgIpc) is 2.26. The molecule has 0 aliphatic heterocycles. The van der Waals surface area contributed by atoms with Gasteiger partial charge in [0.2, 0.25) is 0 Å². The van der Waals surface area contributed by atoms with E-state index in [2.05, 4.69) is 5.32 Å². The summed E-state index contributed by atoms with van der Waals surface area (Å²) in [6, 6.07) is 7.33. The SMILES string of the molecule is Cc1cc(F)cc(Nc2cc(F)cc([N+](=O)[O-])c2)c1. The van der Waals surface area contributed by atoms with E-state index in [-0.39, 0.29) is 11.4 Å². The van der Waals surface area contributed by atoms with Gasteiger partial charge in [0.25, 0.3) is 5.69 Å². The van der Waals surface area contributed by atoms with Crippen molar-refractivity contribution in [1.82, 2.24) is 0 Å². The van der Waals surface area contributed by atoms with Crippen LogP contribution in [0.15, 0.2) is 36.4 Å². The largest absolute Gasteiger partial charge is 0.355 e. The van der Waals surface area contributed by atoms with Gasteiger partial charge in [0, 0.05) is 17.4 Å². The van der Waals surface area contributed by atoms with E-state index in [1.165, 1.54) is 18.2 Å². The number of anilines is 2. The first-order valence-corrected chi connectivity index (χ1v) is 5.43. The predicted molar refractivity (Wildman–Crippen MR) is 67.5 cm³/mol. The number of nitrogens with zero attached hydrogens (tertiary/aromatic N) is 1. The van der Waals surface area contributed by atoms with E-state index in [1.54, 1.807) is 13.0 Å². The second kappa shape index (κ2) is 5.01. The highest BCUT2D eigenvalue weighted by molar-refractivity contribution is 5.63. The van der Waals surface area contributed by atoms with Crippen LogP contribution < -0.4 is 5.32 Å². The molecule has 0 saturated carbocycles. The van der Waals surface area contributed by atoms with Crippen molar-refractivity contribution < 1.29 is 13.7 Å². The topological polar surface area (TPSA) is 55.2 Å². The Hall–Kier alpha value is -2.50. The number of rotatable bonds is 3. The van der Waals surface area contributed by atoms with Crippen LogP contribution in [0.2, 0.25) is 0 Å². The highest BCUT2D eigenvalue weighted by atomic mass is 19.1. The molecular weight excluding hydrogens is 254 g/mol. The quantitative estimate of drug-likeness (QED) is 0.675. The molecule has 2 rings (SSSR count). The van der Waals surface area contributed by atoms with Gasteiger partial charge in [-0.2, -0.15) is 0 Å². The Labute approximate surface area is 107 Å². The lowest BCUT2D eigenvalue weighted by atomic mass is 10.2. The molecule has 0 spiro atoms. The van der Waals surface area contributed by atoms with Crippen LogP contribution in [-0.4, -0.2) is 4.92 Å². The Bertz CT molecular complexity index is 624. The molecule has 0 atom stereocenters. The van der Waals surface area contributed by atoms with Crippen LogP contribution in [-0.2, 0) is 0 Å². The van der Waals surface area contributed by atoms with Crippen LogP contribution in [0.5, 0.6) is 0 Å². The minimum absolute atomic E-state index is 0.191. The van der Waals surface area contributed by atoms with Gasteiger partial charge in [-0.3, -0.25) is 10.1 Å². The molecule has 0 heterocycles. The van der Waals surface area contributed by atoms with Gasteiger partial charge < -0.3 is 5.32 Å². The molecule has 0 radical (unpaired) electrons. The molecule has 98 valence electrons. The van der Waals surface area contributed by atoms with E-state index in [1.807, 2.05) is 0 Å². The fourth-order valence-corrected chi connectivity index (χ4v) is 1.73. The first kappa shape index (κ1) is 12.9. The monoisotopic (exact) mass is 264 g/mol. The Morgan fingerprint density at radius 3 is 2.16 bits per heavy atom. The van der Waals surface area contributed by atoms with Crippen molar-refractivity contribution >= 4 is 17.1 Å². The lowest BCUT2D eigenvalue weighted by Gasteiger charge is -2.07. The van der Waals surface area contributed by atoms with Crippen LogP contribution in [0.25, 0.3) is 0 Å². The van der Waals surface area contributed by atoms with Crippen LogP contribution in [0.1, 0.15) is 5.56 Å². The van der Waals surface area contributed by atoms with Crippen molar-refractivity contribution in [3.63, 3.8) is 0 Å². The highest BCUT2D eigenvalue weighted by Crippen LogP contribution is 2.24. The lowest BCUT2D eigenvalue weighted by molar-refractivity contribution is -0.385. The summed E-state index contributed by atoms with van der Waals surface area (Å²) in [5, 5.41) is 13.4. The van der Waals surface area contributed by atoms with Crippen molar-refractivity contribution in [1.29, 1.82) is 0 Å². The number of hydrogen-bond acceptors (Lipinski definition) is 3. The molecule has 0 amide bonds.